The lowest BCUT2D eigenvalue weighted by atomic mass is 9.83. The summed E-state index contributed by atoms with van der Waals surface area (Å²) in [6.45, 7) is 7.68. The monoisotopic (exact) mass is 158 g/mol. The molecule has 0 fully saturated rings. The second-order valence-electron chi connectivity index (χ2n) is 4.03. The molecule has 2 nitrogen and oxygen atoms in total. The van der Waals surface area contributed by atoms with Gasteiger partial charge in [-0.2, -0.15) is 0 Å². The summed E-state index contributed by atoms with van der Waals surface area (Å²) in [6, 6.07) is 0. The Balaban J connectivity index is 4.03. The molecule has 0 heterocycles. The highest BCUT2D eigenvalue weighted by Gasteiger charge is 2.25. The number of Topliss-reactive ketones (excluding diaryl/α,β-unsaturated/α-hetero) is 1. The molecular formula is C9H18O2. The van der Waals surface area contributed by atoms with Crippen LogP contribution >= 0.6 is 0 Å². The summed E-state index contributed by atoms with van der Waals surface area (Å²) in [4.78, 5) is 11.4. The van der Waals surface area contributed by atoms with E-state index in [9.17, 15) is 4.79 Å². The maximum Gasteiger partial charge on any atom is 0.141 e. The first-order chi connectivity index (χ1) is 4.89. The van der Waals surface area contributed by atoms with Gasteiger partial charge >= 0.3 is 0 Å². The van der Waals surface area contributed by atoms with Crippen LogP contribution in [0, 0.1) is 11.3 Å². The Morgan fingerprint density at radius 2 is 1.91 bits per heavy atom. The van der Waals surface area contributed by atoms with E-state index in [1.807, 2.05) is 27.7 Å². The van der Waals surface area contributed by atoms with Gasteiger partial charge in [0.15, 0.2) is 0 Å². The summed E-state index contributed by atoms with van der Waals surface area (Å²) in [6.07, 6.45) is 0.579. The van der Waals surface area contributed by atoms with Crippen LogP contribution in [0.5, 0.6) is 0 Å². The van der Waals surface area contributed by atoms with E-state index < -0.39 is 0 Å². The van der Waals surface area contributed by atoms with Crippen molar-refractivity contribution in [1.29, 1.82) is 0 Å². The molecule has 0 aromatic heterocycles. The van der Waals surface area contributed by atoms with E-state index in [2.05, 4.69) is 0 Å². The maximum absolute atomic E-state index is 11.4. The predicted molar refractivity (Wildman–Crippen MR) is 45.3 cm³/mol. The average molecular weight is 158 g/mol. The third-order valence-corrected chi connectivity index (χ3v) is 1.75. The van der Waals surface area contributed by atoms with E-state index in [1.165, 1.54) is 0 Å². The number of rotatable bonds is 3. The maximum atomic E-state index is 11.4. The van der Waals surface area contributed by atoms with Gasteiger partial charge in [-0.05, 0) is 6.42 Å². The van der Waals surface area contributed by atoms with Crippen molar-refractivity contribution < 1.29 is 9.90 Å². The molecule has 0 amide bonds. The zero-order valence-corrected chi connectivity index (χ0v) is 7.85. The van der Waals surface area contributed by atoms with Crippen LogP contribution in [-0.2, 0) is 4.79 Å². The van der Waals surface area contributed by atoms with Crippen LogP contribution in [0.25, 0.3) is 0 Å². The third-order valence-electron chi connectivity index (χ3n) is 1.75. The van der Waals surface area contributed by atoms with Crippen LogP contribution < -0.4 is 0 Å². The molecule has 0 rings (SSSR count). The first-order valence-electron chi connectivity index (χ1n) is 4.04. The Hall–Kier alpha value is -0.370. The second-order valence-corrected chi connectivity index (χ2v) is 4.03. The summed E-state index contributed by atoms with van der Waals surface area (Å²) in [7, 11) is 0. The highest BCUT2D eigenvalue weighted by atomic mass is 16.3. The smallest absolute Gasteiger partial charge is 0.141 e. The number of hydrogen-bond acceptors (Lipinski definition) is 2. The third kappa shape index (κ3) is 3.51. The molecule has 0 spiro atoms. The molecule has 66 valence electrons. The van der Waals surface area contributed by atoms with E-state index >= 15 is 0 Å². The standard InChI is InChI=1S/C9H18O2/c1-7(5-6-10)8(11)9(2,3)4/h7,10H,5-6H2,1-4H3. The quantitative estimate of drug-likeness (QED) is 0.677. The molecule has 1 unspecified atom stereocenters. The highest BCUT2D eigenvalue weighted by molar-refractivity contribution is 5.85. The first-order valence-corrected chi connectivity index (χ1v) is 4.04. The minimum atomic E-state index is -0.269. The van der Waals surface area contributed by atoms with Crippen LogP contribution in [-0.4, -0.2) is 17.5 Å². The number of aliphatic hydroxyl groups excluding tert-OH is 1. The van der Waals surface area contributed by atoms with Crippen LogP contribution in [0.3, 0.4) is 0 Å². The van der Waals surface area contributed by atoms with Gasteiger partial charge in [-0.3, -0.25) is 4.79 Å². The Morgan fingerprint density at radius 3 is 2.18 bits per heavy atom. The molecular weight excluding hydrogens is 140 g/mol. The zero-order valence-electron chi connectivity index (χ0n) is 7.85. The van der Waals surface area contributed by atoms with Crippen molar-refractivity contribution in [3.8, 4) is 0 Å². The number of carbonyl (C=O) groups is 1. The van der Waals surface area contributed by atoms with Crippen molar-refractivity contribution >= 4 is 5.78 Å². The average Bonchev–Trinajstić information content (AvgIpc) is 1.85. The fourth-order valence-corrected chi connectivity index (χ4v) is 1.06. The molecule has 0 aliphatic carbocycles. The van der Waals surface area contributed by atoms with Crippen molar-refractivity contribution in [2.75, 3.05) is 6.61 Å². The number of carbonyl (C=O) groups excluding carboxylic acids is 1. The molecule has 2 heteroatoms. The first kappa shape index (κ1) is 10.6. The summed E-state index contributed by atoms with van der Waals surface area (Å²) < 4.78 is 0. The fraction of sp³-hybridized carbons (Fsp3) is 0.889. The van der Waals surface area contributed by atoms with Crippen molar-refractivity contribution in [1.82, 2.24) is 0 Å². The van der Waals surface area contributed by atoms with Gasteiger partial charge in [0.1, 0.15) is 5.78 Å². The van der Waals surface area contributed by atoms with E-state index in [0.717, 1.165) is 0 Å². The Kier molecular flexibility index (Phi) is 3.73. The second kappa shape index (κ2) is 3.86. The molecule has 0 aliphatic heterocycles. The van der Waals surface area contributed by atoms with Crippen LogP contribution in [0.15, 0.2) is 0 Å². The number of ketones is 1. The van der Waals surface area contributed by atoms with Gasteiger partial charge in [0.25, 0.3) is 0 Å². The Labute approximate surface area is 68.6 Å². The molecule has 0 aromatic rings. The topological polar surface area (TPSA) is 37.3 Å². The summed E-state index contributed by atoms with van der Waals surface area (Å²) >= 11 is 0. The minimum Gasteiger partial charge on any atom is -0.396 e. The van der Waals surface area contributed by atoms with Crippen LogP contribution in [0.4, 0.5) is 0 Å². The highest BCUT2D eigenvalue weighted by Crippen LogP contribution is 2.21. The normalized spacial score (nSPS) is 14.6. The fourth-order valence-electron chi connectivity index (χ4n) is 1.06. The molecule has 0 bridgehead atoms. The number of aliphatic hydroxyl groups is 1. The molecule has 0 aliphatic rings. The lowest BCUT2D eigenvalue weighted by Crippen LogP contribution is -2.27. The molecule has 0 saturated heterocycles. The van der Waals surface area contributed by atoms with Gasteiger partial charge in [0.2, 0.25) is 0 Å². The van der Waals surface area contributed by atoms with Gasteiger partial charge in [-0.25, -0.2) is 0 Å². The molecule has 0 radical (unpaired) electrons. The van der Waals surface area contributed by atoms with Gasteiger partial charge in [-0.15, -0.1) is 0 Å². The Bertz CT molecular complexity index is 133. The molecule has 1 N–H and O–H groups in total. The Morgan fingerprint density at radius 1 is 1.45 bits per heavy atom. The van der Waals surface area contributed by atoms with Gasteiger partial charge < -0.3 is 5.11 Å². The lowest BCUT2D eigenvalue weighted by molar-refractivity contribution is -0.130. The van der Waals surface area contributed by atoms with Crippen LogP contribution in [0.1, 0.15) is 34.1 Å². The SMILES string of the molecule is CC(CCO)C(=O)C(C)(C)C. The van der Waals surface area contributed by atoms with Gasteiger partial charge in [0, 0.05) is 17.9 Å². The summed E-state index contributed by atoms with van der Waals surface area (Å²) in [5, 5.41) is 8.60. The van der Waals surface area contributed by atoms with Crippen LogP contribution in [0.2, 0.25) is 0 Å². The zero-order chi connectivity index (χ0) is 9.07. The minimum absolute atomic E-state index is 0.0139. The summed E-state index contributed by atoms with van der Waals surface area (Å²) in [5.41, 5.74) is -0.269. The lowest BCUT2D eigenvalue weighted by Gasteiger charge is -2.20. The summed E-state index contributed by atoms with van der Waals surface area (Å²) in [5.74, 6) is 0.214. The van der Waals surface area contributed by atoms with Crippen molar-refractivity contribution in [3.05, 3.63) is 0 Å². The molecule has 0 aromatic carbocycles. The van der Waals surface area contributed by atoms with E-state index in [-0.39, 0.29) is 23.7 Å². The van der Waals surface area contributed by atoms with E-state index in [1.54, 1.807) is 0 Å². The molecule has 11 heavy (non-hydrogen) atoms. The largest absolute Gasteiger partial charge is 0.396 e. The van der Waals surface area contributed by atoms with Crippen molar-refractivity contribution in [3.63, 3.8) is 0 Å². The van der Waals surface area contributed by atoms with Crippen molar-refractivity contribution in [2.45, 2.75) is 34.1 Å². The molecule has 1 atom stereocenters. The van der Waals surface area contributed by atoms with Crippen molar-refractivity contribution in [2.24, 2.45) is 11.3 Å². The number of hydrogen-bond donors (Lipinski definition) is 1. The van der Waals surface area contributed by atoms with E-state index in [4.69, 9.17) is 5.11 Å². The van der Waals surface area contributed by atoms with Gasteiger partial charge in [0.05, 0.1) is 0 Å². The predicted octanol–water partition coefficient (Wildman–Crippen LogP) is 1.62. The van der Waals surface area contributed by atoms with Gasteiger partial charge in [-0.1, -0.05) is 27.7 Å². The van der Waals surface area contributed by atoms with E-state index in [0.29, 0.717) is 6.42 Å². The molecule has 0 saturated carbocycles.